The second-order valence-electron chi connectivity index (χ2n) is 12.3. The Bertz CT molecular complexity index is 2810. The molecular formula is C45H28N2OS. The van der Waals surface area contributed by atoms with Gasteiger partial charge < -0.3 is 9.32 Å². The second kappa shape index (κ2) is 11.2. The van der Waals surface area contributed by atoms with Gasteiger partial charge in [0.25, 0.3) is 0 Å². The van der Waals surface area contributed by atoms with Gasteiger partial charge in [0.15, 0.2) is 5.58 Å². The molecule has 0 aliphatic carbocycles. The van der Waals surface area contributed by atoms with Crippen LogP contribution in [0, 0.1) is 0 Å². The molecule has 49 heavy (non-hydrogen) atoms. The van der Waals surface area contributed by atoms with Gasteiger partial charge in [0.2, 0.25) is 0 Å². The lowest BCUT2D eigenvalue weighted by molar-refractivity contribution is 0.669. The van der Waals surface area contributed by atoms with E-state index in [4.69, 9.17) is 9.40 Å². The quantitative estimate of drug-likeness (QED) is 0.187. The third-order valence-electron chi connectivity index (χ3n) is 9.53. The monoisotopic (exact) mass is 644 g/mol. The zero-order valence-electron chi connectivity index (χ0n) is 26.4. The summed E-state index contributed by atoms with van der Waals surface area (Å²) >= 11 is 1.86. The number of para-hydroxylation sites is 1. The van der Waals surface area contributed by atoms with E-state index in [9.17, 15) is 0 Å². The third-order valence-corrected chi connectivity index (χ3v) is 10.7. The maximum atomic E-state index is 6.70. The van der Waals surface area contributed by atoms with Crippen molar-refractivity contribution in [2.24, 2.45) is 0 Å². The summed E-state index contributed by atoms with van der Waals surface area (Å²) in [6.07, 6.45) is 1.85. The summed E-state index contributed by atoms with van der Waals surface area (Å²) in [6, 6.07) is 58.2. The number of hydrogen-bond donors (Lipinski definition) is 0. The van der Waals surface area contributed by atoms with E-state index < -0.39 is 0 Å². The average Bonchev–Trinajstić information content (AvgIpc) is 3.75. The van der Waals surface area contributed by atoms with Gasteiger partial charge in [-0.2, -0.15) is 0 Å². The van der Waals surface area contributed by atoms with Crippen molar-refractivity contribution >= 4 is 81.4 Å². The number of furan rings is 1. The first-order valence-electron chi connectivity index (χ1n) is 16.5. The van der Waals surface area contributed by atoms with E-state index >= 15 is 0 Å². The van der Waals surface area contributed by atoms with Crippen molar-refractivity contribution in [2.75, 3.05) is 4.90 Å². The largest absolute Gasteiger partial charge is 0.454 e. The smallest absolute Gasteiger partial charge is 0.159 e. The van der Waals surface area contributed by atoms with Crippen LogP contribution < -0.4 is 4.90 Å². The molecule has 3 aromatic heterocycles. The molecular weight excluding hydrogens is 617 g/mol. The van der Waals surface area contributed by atoms with Crippen molar-refractivity contribution in [2.45, 2.75) is 0 Å². The lowest BCUT2D eigenvalue weighted by Crippen LogP contribution is -2.10. The molecule has 230 valence electrons. The molecule has 0 atom stereocenters. The van der Waals surface area contributed by atoms with Gasteiger partial charge in [0, 0.05) is 48.5 Å². The highest BCUT2D eigenvalue weighted by molar-refractivity contribution is 7.26. The zero-order chi connectivity index (χ0) is 32.3. The zero-order valence-corrected chi connectivity index (χ0v) is 27.2. The Hall–Kier alpha value is -6.23. The number of rotatable bonds is 5. The molecule has 0 fully saturated rings. The number of thiophene rings is 1. The molecule has 0 saturated heterocycles. The number of benzene rings is 7. The molecule has 4 heteroatoms. The lowest BCUT2D eigenvalue weighted by Gasteiger charge is -2.26. The number of hydrogen-bond acceptors (Lipinski definition) is 4. The second-order valence-corrected chi connectivity index (χ2v) is 13.4. The summed E-state index contributed by atoms with van der Waals surface area (Å²) in [5.74, 6) is 0. The van der Waals surface area contributed by atoms with Gasteiger partial charge in [-0.25, -0.2) is 0 Å². The molecule has 10 aromatic rings. The molecule has 10 rings (SSSR count). The molecule has 0 amide bonds. The first-order chi connectivity index (χ1) is 24.3. The van der Waals surface area contributed by atoms with Gasteiger partial charge in [0.1, 0.15) is 5.58 Å². The molecule has 0 radical (unpaired) electrons. The summed E-state index contributed by atoms with van der Waals surface area (Å²) in [5, 5.41) is 5.81. The number of anilines is 3. The molecule has 0 unspecified atom stereocenters. The maximum Gasteiger partial charge on any atom is 0.159 e. The number of aromatic nitrogens is 1. The molecule has 3 nitrogen and oxygen atoms in total. The van der Waals surface area contributed by atoms with E-state index in [2.05, 4.69) is 163 Å². The predicted molar refractivity (Wildman–Crippen MR) is 207 cm³/mol. The van der Waals surface area contributed by atoms with Crippen molar-refractivity contribution in [1.29, 1.82) is 0 Å². The van der Waals surface area contributed by atoms with Crippen molar-refractivity contribution in [1.82, 2.24) is 4.98 Å². The van der Waals surface area contributed by atoms with Crippen LogP contribution >= 0.6 is 11.3 Å². The molecule has 0 N–H and O–H groups in total. The Morgan fingerprint density at radius 1 is 0.510 bits per heavy atom. The van der Waals surface area contributed by atoms with Gasteiger partial charge in [-0.05, 0) is 76.9 Å². The van der Waals surface area contributed by atoms with Crippen LogP contribution in [0.25, 0.3) is 75.3 Å². The van der Waals surface area contributed by atoms with Crippen molar-refractivity contribution in [3.05, 3.63) is 170 Å². The standard InChI is InChI=1S/C45H28N2OS/c1-2-9-29(10-3-1)30-18-23-33(24-19-30)47(39-16-7-15-38-42-40(48-44(38)39)27-22-32-11-8-28-46-43(32)42)34-25-20-31(21-26-34)35-13-6-14-37-36-12-4-5-17-41(36)49-45(35)37/h1-28H. The van der Waals surface area contributed by atoms with E-state index in [1.54, 1.807) is 0 Å². The molecule has 0 aliphatic rings. The third kappa shape index (κ3) is 4.53. The van der Waals surface area contributed by atoms with Gasteiger partial charge in [-0.15, -0.1) is 11.3 Å². The van der Waals surface area contributed by atoms with Crippen LogP contribution in [-0.4, -0.2) is 4.98 Å². The minimum atomic E-state index is 0.833. The highest BCUT2D eigenvalue weighted by atomic mass is 32.1. The molecule has 0 spiro atoms. The Balaban J connectivity index is 1.15. The number of nitrogens with zero attached hydrogens (tertiary/aromatic N) is 2. The molecule has 7 aromatic carbocycles. The minimum Gasteiger partial charge on any atom is -0.454 e. The van der Waals surface area contributed by atoms with E-state index in [0.29, 0.717) is 0 Å². The minimum absolute atomic E-state index is 0.833. The van der Waals surface area contributed by atoms with Crippen LogP contribution in [-0.2, 0) is 0 Å². The predicted octanol–water partition coefficient (Wildman–Crippen LogP) is 13.3. The van der Waals surface area contributed by atoms with Crippen LogP contribution in [0.3, 0.4) is 0 Å². The molecule has 0 bridgehead atoms. The normalized spacial score (nSPS) is 11.7. The van der Waals surface area contributed by atoms with E-state index in [1.807, 2.05) is 23.6 Å². The molecule has 3 heterocycles. The molecule has 0 aliphatic heterocycles. The van der Waals surface area contributed by atoms with Gasteiger partial charge in [-0.3, -0.25) is 4.98 Å². The van der Waals surface area contributed by atoms with Gasteiger partial charge in [-0.1, -0.05) is 109 Å². The van der Waals surface area contributed by atoms with Crippen LogP contribution in [0.15, 0.2) is 174 Å². The maximum absolute atomic E-state index is 6.70. The fourth-order valence-electron chi connectivity index (χ4n) is 7.21. The Kier molecular flexibility index (Phi) is 6.36. The summed E-state index contributed by atoms with van der Waals surface area (Å²) in [7, 11) is 0. The van der Waals surface area contributed by atoms with Crippen LogP contribution in [0.4, 0.5) is 17.1 Å². The van der Waals surface area contributed by atoms with Crippen LogP contribution in [0.1, 0.15) is 0 Å². The van der Waals surface area contributed by atoms with E-state index in [1.165, 1.54) is 42.4 Å². The lowest BCUT2D eigenvalue weighted by atomic mass is 10.0. The fraction of sp³-hybridized carbons (Fsp3) is 0. The van der Waals surface area contributed by atoms with Crippen molar-refractivity contribution < 1.29 is 4.42 Å². The topological polar surface area (TPSA) is 29.3 Å². The highest BCUT2D eigenvalue weighted by Gasteiger charge is 2.21. The summed E-state index contributed by atoms with van der Waals surface area (Å²) in [5.41, 5.74) is 10.5. The van der Waals surface area contributed by atoms with Crippen molar-refractivity contribution in [3.63, 3.8) is 0 Å². The summed E-state index contributed by atoms with van der Waals surface area (Å²) < 4.78 is 9.33. The Morgan fingerprint density at radius 2 is 1.20 bits per heavy atom. The van der Waals surface area contributed by atoms with E-state index in [0.717, 1.165) is 49.9 Å². The Morgan fingerprint density at radius 3 is 2.04 bits per heavy atom. The highest BCUT2D eigenvalue weighted by Crippen LogP contribution is 2.45. The summed E-state index contributed by atoms with van der Waals surface area (Å²) in [6.45, 7) is 0. The average molecular weight is 645 g/mol. The number of pyridine rings is 1. The summed E-state index contributed by atoms with van der Waals surface area (Å²) in [4.78, 5) is 7.07. The van der Waals surface area contributed by atoms with Crippen LogP contribution in [0.5, 0.6) is 0 Å². The first kappa shape index (κ1) is 27.8. The number of fused-ring (bicyclic) bond motifs is 8. The van der Waals surface area contributed by atoms with Gasteiger partial charge in [0.05, 0.1) is 16.6 Å². The molecule has 0 saturated carbocycles. The van der Waals surface area contributed by atoms with Gasteiger partial charge >= 0.3 is 0 Å². The Labute approximate surface area is 286 Å². The van der Waals surface area contributed by atoms with E-state index in [-0.39, 0.29) is 0 Å². The SMILES string of the molecule is c1ccc(-c2ccc(N(c3ccc(-c4cccc5c4sc4ccccc45)cc3)c3cccc4c3oc3ccc5cccnc5c34)cc2)cc1. The first-order valence-corrected chi connectivity index (χ1v) is 17.3. The fourth-order valence-corrected chi connectivity index (χ4v) is 8.45. The van der Waals surface area contributed by atoms with Crippen LogP contribution in [0.2, 0.25) is 0 Å². The van der Waals surface area contributed by atoms with Crippen molar-refractivity contribution in [3.8, 4) is 22.3 Å².